The number of aliphatic carboxylic acids is 1. The van der Waals surface area contributed by atoms with E-state index in [1.54, 1.807) is 4.90 Å². The molecule has 2 rings (SSSR count). The summed E-state index contributed by atoms with van der Waals surface area (Å²) in [5, 5.41) is 9.17. The number of likely N-dealkylation sites (tertiary alicyclic amines) is 1. The average molecular weight is 269 g/mol. The number of rotatable bonds is 2. The highest BCUT2D eigenvalue weighted by atomic mass is 16.5. The van der Waals surface area contributed by atoms with Crippen LogP contribution in [0.25, 0.3) is 0 Å². The van der Waals surface area contributed by atoms with Crippen molar-refractivity contribution in [1.82, 2.24) is 4.90 Å². The SMILES string of the molecule is CC1CC(C(=O)O)CN(C(=O)C2(C)CCCOC2)C1. The van der Waals surface area contributed by atoms with Crippen LogP contribution in [0.1, 0.15) is 33.1 Å². The Morgan fingerprint density at radius 2 is 2.11 bits per heavy atom. The van der Waals surface area contributed by atoms with Gasteiger partial charge in [-0.25, -0.2) is 0 Å². The molecule has 3 unspecified atom stereocenters. The first-order chi connectivity index (χ1) is 8.92. The van der Waals surface area contributed by atoms with Gasteiger partial charge >= 0.3 is 5.97 Å². The molecule has 2 heterocycles. The first kappa shape index (κ1) is 14.3. The smallest absolute Gasteiger partial charge is 0.308 e. The molecule has 0 aromatic rings. The normalized spacial score (nSPS) is 36.0. The molecule has 2 fully saturated rings. The van der Waals surface area contributed by atoms with Crippen molar-refractivity contribution in [3.63, 3.8) is 0 Å². The molecule has 2 aliphatic rings. The van der Waals surface area contributed by atoms with Crippen LogP contribution in [0.4, 0.5) is 0 Å². The Morgan fingerprint density at radius 3 is 2.68 bits per heavy atom. The van der Waals surface area contributed by atoms with Gasteiger partial charge in [-0.05, 0) is 32.1 Å². The Kier molecular flexibility index (Phi) is 4.13. The number of carbonyl (C=O) groups is 2. The first-order valence-electron chi connectivity index (χ1n) is 7.02. The van der Waals surface area contributed by atoms with E-state index in [1.165, 1.54) is 0 Å². The molecule has 0 aromatic carbocycles. The van der Waals surface area contributed by atoms with Crippen molar-refractivity contribution in [3.8, 4) is 0 Å². The molecule has 2 saturated heterocycles. The summed E-state index contributed by atoms with van der Waals surface area (Å²) in [6, 6.07) is 0. The molecule has 19 heavy (non-hydrogen) atoms. The predicted molar refractivity (Wildman–Crippen MR) is 69.6 cm³/mol. The van der Waals surface area contributed by atoms with Crippen molar-refractivity contribution >= 4 is 11.9 Å². The fraction of sp³-hybridized carbons (Fsp3) is 0.857. The van der Waals surface area contributed by atoms with Crippen molar-refractivity contribution in [2.75, 3.05) is 26.3 Å². The number of nitrogens with zero attached hydrogens (tertiary/aromatic N) is 1. The molecule has 0 radical (unpaired) electrons. The number of carboxylic acid groups (broad SMARTS) is 1. The molecule has 0 aliphatic carbocycles. The van der Waals surface area contributed by atoms with E-state index >= 15 is 0 Å². The Balaban J connectivity index is 2.07. The summed E-state index contributed by atoms with van der Waals surface area (Å²) in [6.45, 7) is 6.12. The quantitative estimate of drug-likeness (QED) is 0.822. The maximum Gasteiger partial charge on any atom is 0.308 e. The second-order valence-electron chi connectivity index (χ2n) is 6.30. The predicted octanol–water partition coefficient (Wildman–Crippen LogP) is 1.37. The minimum Gasteiger partial charge on any atom is -0.481 e. The van der Waals surface area contributed by atoms with E-state index < -0.39 is 17.3 Å². The van der Waals surface area contributed by atoms with Gasteiger partial charge in [0.25, 0.3) is 0 Å². The number of hydrogen-bond acceptors (Lipinski definition) is 3. The number of hydrogen-bond donors (Lipinski definition) is 1. The second kappa shape index (κ2) is 5.49. The molecule has 5 nitrogen and oxygen atoms in total. The topological polar surface area (TPSA) is 66.8 Å². The standard InChI is InChI=1S/C14H23NO4/c1-10-6-11(12(16)17)8-15(7-10)13(18)14(2)4-3-5-19-9-14/h10-11H,3-9H2,1-2H3,(H,16,17). The van der Waals surface area contributed by atoms with Gasteiger partial charge in [0.1, 0.15) is 0 Å². The highest BCUT2D eigenvalue weighted by Gasteiger charge is 2.41. The monoisotopic (exact) mass is 269 g/mol. The van der Waals surface area contributed by atoms with Crippen LogP contribution in [-0.2, 0) is 14.3 Å². The molecule has 0 aromatic heterocycles. The van der Waals surface area contributed by atoms with E-state index in [0.29, 0.717) is 26.1 Å². The summed E-state index contributed by atoms with van der Waals surface area (Å²) >= 11 is 0. The van der Waals surface area contributed by atoms with Crippen molar-refractivity contribution in [3.05, 3.63) is 0 Å². The zero-order chi connectivity index (χ0) is 14.0. The van der Waals surface area contributed by atoms with Crippen molar-refractivity contribution in [2.45, 2.75) is 33.1 Å². The number of carbonyl (C=O) groups excluding carboxylic acids is 1. The number of amides is 1. The van der Waals surface area contributed by atoms with E-state index in [2.05, 4.69) is 0 Å². The van der Waals surface area contributed by atoms with Gasteiger partial charge in [-0.15, -0.1) is 0 Å². The van der Waals surface area contributed by atoms with Gasteiger partial charge in [0.15, 0.2) is 0 Å². The van der Waals surface area contributed by atoms with Crippen LogP contribution in [0.2, 0.25) is 0 Å². The molecule has 0 saturated carbocycles. The van der Waals surface area contributed by atoms with Crippen LogP contribution >= 0.6 is 0 Å². The molecular weight excluding hydrogens is 246 g/mol. The van der Waals surface area contributed by atoms with E-state index in [9.17, 15) is 9.59 Å². The Morgan fingerprint density at radius 1 is 1.37 bits per heavy atom. The maximum atomic E-state index is 12.6. The summed E-state index contributed by atoms with van der Waals surface area (Å²) in [6.07, 6.45) is 2.38. The fourth-order valence-electron chi connectivity index (χ4n) is 3.18. The number of ether oxygens (including phenoxy) is 1. The van der Waals surface area contributed by atoms with Crippen LogP contribution in [0, 0.1) is 17.3 Å². The van der Waals surface area contributed by atoms with Crippen molar-refractivity contribution in [1.29, 1.82) is 0 Å². The molecule has 2 aliphatic heterocycles. The largest absolute Gasteiger partial charge is 0.481 e. The lowest BCUT2D eigenvalue weighted by atomic mass is 9.81. The summed E-state index contributed by atoms with van der Waals surface area (Å²) in [5.41, 5.74) is -0.474. The molecule has 108 valence electrons. The van der Waals surface area contributed by atoms with Crippen LogP contribution in [0.3, 0.4) is 0 Å². The second-order valence-corrected chi connectivity index (χ2v) is 6.30. The lowest BCUT2D eigenvalue weighted by molar-refractivity contribution is -0.155. The third-order valence-corrected chi connectivity index (χ3v) is 4.25. The molecule has 1 amide bonds. The van der Waals surface area contributed by atoms with E-state index in [4.69, 9.17) is 9.84 Å². The third-order valence-electron chi connectivity index (χ3n) is 4.25. The van der Waals surface area contributed by atoms with Gasteiger partial charge in [-0.1, -0.05) is 6.92 Å². The van der Waals surface area contributed by atoms with Crippen LogP contribution in [0.5, 0.6) is 0 Å². The average Bonchev–Trinajstić information content (AvgIpc) is 2.38. The van der Waals surface area contributed by atoms with Gasteiger partial charge in [0.05, 0.1) is 17.9 Å². The molecule has 3 atom stereocenters. The van der Waals surface area contributed by atoms with Gasteiger partial charge in [-0.2, -0.15) is 0 Å². The van der Waals surface area contributed by atoms with E-state index in [-0.39, 0.29) is 11.8 Å². The Hall–Kier alpha value is -1.10. The lowest BCUT2D eigenvalue weighted by Crippen LogP contribution is -2.52. The van der Waals surface area contributed by atoms with E-state index in [1.807, 2.05) is 13.8 Å². The van der Waals surface area contributed by atoms with Crippen molar-refractivity contribution in [2.24, 2.45) is 17.3 Å². The molecule has 0 spiro atoms. The van der Waals surface area contributed by atoms with Gasteiger partial charge in [-0.3, -0.25) is 9.59 Å². The maximum absolute atomic E-state index is 12.6. The summed E-state index contributed by atoms with van der Waals surface area (Å²) in [7, 11) is 0. The summed E-state index contributed by atoms with van der Waals surface area (Å²) in [4.78, 5) is 25.5. The third kappa shape index (κ3) is 3.08. The zero-order valence-electron chi connectivity index (χ0n) is 11.7. The summed E-state index contributed by atoms with van der Waals surface area (Å²) in [5.74, 6) is -0.924. The Bertz CT molecular complexity index is 362. The number of carboxylic acids is 1. The minimum atomic E-state index is -0.797. The molecular formula is C14H23NO4. The van der Waals surface area contributed by atoms with Gasteiger partial charge < -0.3 is 14.7 Å². The van der Waals surface area contributed by atoms with E-state index in [0.717, 1.165) is 19.4 Å². The molecule has 1 N–H and O–H groups in total. The highest BCUT2D eigenvalue weighted by molar-refractivity contribution is 5.83. The first-order valence-corrected chi connectivity index (χ1v) is 7.02. The summed E-state index contributed by atoms with van der Waals surface area (Å²) < 4.78 is 5.43. The lowest BCUT2D eigenvalue weighted by Gasteiger charge is -2.41. The fourth-order valence-corrected chi connectivity index (χ4v) is 3.18. The molecule has 0 bridgehead atoms. The van der Waals surface area contributed by atoms with Crippen molar-refractivity contribution < 1.29 is 19.4 Å². The minimum absolute atomic E-state index is 0.0602. The van der Waals surface area contributed by atoms with Crippen LogP contribution in [-0.4, -0.2) is 48.2 Å². The number of piperidine rings is 1. The Labute approximate surface area is 113 Å². The zero-order valence-corrected chi connectivity index (χ0v) is 11.7. The van der Waals surface area contributed by atoms with Crippen LogP contribution in [0.15, 0.2) is 0 Å². The van der Waals surface area contributed by atoms with Crippen LogP contribution < -0.4 is 0 Å². The molecule has 5 heteroatoms. The van der Waals surface area contributed by atoms with Gasteiger partial charge in [0, 0.05) is 19.7 Å². The highest BCUT2D eigenvalue weighted by Crippen LogP contribution is 2.33. The van der Waals surface area contributed by atoms with Gasteiger partial charge in [0.2, 0.25) is 5.91 Å².